The molecule has 1 fully saturated rings. The fourth-order valence-corrected chi connectivity index (χ4v) is 2.02. The molecule has 1 saturated heterocycles. The highest BCUT2D eigenvalue weighted by Gasteiger charge is 2.28. The molecule has 1 atom stereocenters. The standard InChI is InChI=1S/C11H19N3O/c1-8-10(9(2)15-14-8)6-13-11(3)4-5-12-7-11/h12-13H,4-7H2,1-3H3. The average Bonchev–Trinajstić information content (AvgIpc) is 2.74. The van der Waals surface area contributed by atoms with Gasteiger partial charge in [-0.25, -0.2) is 0 Å². The molecule has 1 unspecified atom stereocenters. The maximum Gasteiger partial charge on any atom is 0.138 e. The van der Waals surface area contributed by atoms with Crippen molar-refractivity contribution in [2.45, 2.75) is 39.3 Å². The van der Waals surface area contributed by atoms with Crippen molar-refractivity contribution in [3.63, 3.8) is 0 Å². The van der Waals surface area contributed by atoms with E-state index in [1.165, 1.54) is 12.0 Å². The lowest BCUT2D eigenvalue weighted by molar-refractivity contribution is 0.377. The third-order valence-electron chi connectivity index (χ3n) is 3.24. The van der Waals surface area contributed by atoms with Crippen molar-refractivity contribution in [3.8, 4) is 0 Å². The summed E-state index contributed by atoms with van der Waals surface area (Å²) in [6, 6.07) is 0. The van der Waals surface area contributed by atoms with E-state index in [1.54, 1.807) is 0 Å². The molecule has 0 bridgehead atoms. The molecule has 84 valence electrons. The van der Waals surface area contributed by atoms with Crippen molar-refractivity contribution in [1.82, 2.24) is 15.8 Å². The van der Waals surface area contributed by atoms with Crippen molar-refractivity contribution >= 4 is 0 Å². The molecule has 2 heterocycles. The van der Waals surface area contributed by atoms with E-state index >= 15 is 0 Å². The summed E-state index contributed by atoms with van der Waals surface area (Å²) in [7, 11) is 0. The largest absolute Gasteiger partial charge is 0.361 e. The van der Waals surface area contributed by atoms with Crippen LogP contribution < -0.4 is 10.6 Å². The van der Waals surface area contributed by atoms with Crippen molar-refractivity contribution in [2.24, 2.45) is 0 Å². The second-order valence-electron chi connectivity index (χ2n) is 4.64. The van der Waals surface area contributed by atoms with Crippen LogP contribution in [-0.2, 0) is 6.54 Å². The molecule has 0 aliphatic carbocycles. The summed E-state index contributed by atoms with van der Waals surface area (Å²) in [6.45, 7) is 9.20. The molecular formula is C11H19N3O. The SMILES string of the molecule is Cc1noc(C)c1CNC1(C)CCNC1. The number of hydrogen-bond acceptors (Lipinski definition) is 4. The zero-order valence-electron chi connectivity index (χ0n) is 9.68. The predicted molar refractivity (Wildman–Crippen MR) is 58.7 cm³/mol. The first-order chi connectivity index (χ1) is 7.11. The molecule has 0 spiro atoms. The maximum absolute atomic E-state index is 5.14. The van der Waals surface area contributed by atoms with Gasteiger partial charge in [0.1, 0.15) is 5.76 Å². The highest BCUT2D eigenvalue weighted by atomic mass is 16.5. The van der Waals surface area contributed by atoms with Crippen LogP contribution in [0.4, 0.5) is 0 Å². The van der Waals surface area contributed by atoms with Crippen LogP contribution in [0.25, 0.3) is 0 Å². The molecule has 2 rings (SSSR count). The van der Waals surface area contributed by atoms with Crippen molar-refractivity contribution in [3.05, 3.63) is 17.0 Å². The van der Waals surface area contributed by atoms with Gasteiger partial charge in [0.2, 0.25) is 0 Å². The first kappa shape index (κ1) is 10.6. The summed E-state index contributed by atoms with van der Waals surface area (Å²) >= 11 is 0. The monoisotopic (exact) mass is 209 g/mol. The van der Waals surface area contributed by atoms with Crippen LogP contribution in [0.15, 0.2) is 4.52 Å². The fraction of sp³-hybridized carbons (Fsp3) is 0.727. The Bertz CT molecular complexity index is 320. The van der Waals surface area contributed by atoms with Gasteiger partial charge >= 0.3 is 0 Å². The Balaban J connectivity index is 1.98. The minimum atomic E-state index is 0.218. The smallest absolute Gasteiger partial charge is 0.138 e. The molecular weight excluding hydrogens is 190 g/mol. The summed E-state index contributed by atoms with van der Waals surface area (Å²) in [4.78, 5) is 0. The number of nitrogens with zero attached hydrogens (tertiary/aromatic N) is 1. The molecule has 2 N–H and O–H groups in total. The summed E-state index contributed by atoms with van der Waals surface area (Å²) in [5, 5.41) is 10.9. The van der Waals surface area contributed by atoms with Crippen LogP contribution in [0.1, 0.15) is 30.4 Å². The van der Waals surface area contributed by atoms with Crippen LogP contribution in [-0.4, -0.2) is 23.8 Å². The van der Waals surface area contributed by atoms with Gasteiger partial charge in [0.05, 0.1) is 5.69 Å². The van der Waals surface area contributed by atoms with Gasteiger partial charge in [-0.2, -0.15) is 0 Å². The lowest BCUT2D eigenvalue weighted by Gasteiger charge is -2.24. The number of aryl methyl sites for hydroxylation is 2. The second-order valence-corrected chi connectivity index (χ2v) is 4.64. The van der Waals surface area contributed by atoms with E-state index < -0.39 is 0 Å². The van der Waals surface area contributed by atoms with E-state index in [1.807, 2.05) is 13.8 Å². The van der Waals surface area contributed by atoms with Crippen molar-refractivity contribution in [1.29, 1.82) is 0 Å². The Hall–Kier alpha value is -0.870. The Labute approximate surface area is 90.4 Å². The van der Waals surface area contributed by atoms with Crippen LogP contribution >= 0.6 is 0 Å². The van der Waals surface area contributed by atoms with Gasteiger partial charge in [-0.15, -0.1) is 0 Å². The summed E-state index contributed by atoms with van der Waals surface area (Å²) in [6.07, 6.45) is 1.18. The molecule has 1 aliphatic rings. The Kier molecular flexibility index (Phi) is 2.80. The van der Waals surface area contributed by atoms with Gasteiger partial charge < -0.3 is 15.2 Å². The van der Waals surface area contributed by atoms with Crippen LogP contribution in [0.3, 0.4) is 0 Å². The summed E-state index contributed by atoms with van der Waals surface area (Å²) in [5.41, 5.74) is 2.41. The molecule has 15 heavy (non-hydrogen) atoms. The second kappa shape index (κ2) is 3.94. The normalized spacial score (nSPS) is 26.1. The van der Waals surface area contributed by atoms with E-state index in [0.29, 0.717) is 0 Å². The topological polar surface area (TPSA) is 50.1 Å². The Morgan fingerprint density at radius 3 is 2.87 bits per heavy atom. The third-order valence-corrected chi connectivity index (χ3v) is 3.24. The molecule has 1 aromatic heterocycles. The number of hydrogen-bond donors (Lipinski definition) is 2. The van der Waals surface area contributed by atoms with Gasteiger partial charge in [-0.05, 0) is 33.7 Å². The van der Waals surface area contributed by atoms with E-state index in [-0.39, 0.29) is 5.54 Å². The van der Waals surface area contributed by atoms with Crippen LogP contribution in [0, 0.1) is 13.8 Å². The fourth-order valence-electron chi connectivity index (χ4n) is 2.02. The van der Waals surface area contributed by atoms with Gasteiger partial charge in [-0.1, -0.05) is 5.16 Å². The predicted octanol–water partition coefficient (Wildman–Crippen LogP) is 1.13. The summed E-state index contributed by atoms with van der Waals surface area (Å²) < 4.78 is 5.14. The zero-order chi connectivity index (χ0) is 10.9. The zero-order valence-corrected chi connectivity index (χ0v) is 9.68. The first-order valence-electron chi connectivity index (χ1n) is 5.48. The van der Waals surface area contributed by atoms with Gasteiger partial charge in [0, 0.05) is 24.2 Å². The van der Waals surface area contributed by atoms with Crippen LogP contribution in [0.2, 0.25) is 0 Å². The summed E-state index contributed by atoms with van der Waals surface area (Å²) in [5.74, 6) is 0.926. The van der Waals surface area contributed by atoms with Crippen LogP contribution in [0.5, 0.6) is 0 Å². The third kappa shape index (κ3) is 2.21. The number of rotatable bonds is 3. The highest BCUT2D eigenvalue weighted by molar-refractivity contribution is 5.20. The maximum atomic E-state index is 5.14. The number of aromatic nitrogens is 1. The van der Waals surface area contributed by atoms with E-state index in [0.717, 1.165) is 31.1 Å². The minimum Gasteiger partial charge on any atom is -0.361 e. The quantitative estimate of drug-likeness (QED) is 0.783. The van der Waals surface area contributed by atoms with E-state index in [4.69, 9.17) is 4.52 Å². The van der Waals surface area contributed by atoms with Gasteiger partial charge in [0.25, 0.3) is 0 Å². The molecule has 1 aliphatic heterocycles. The first-order valence-corrected chi connectivity index (χ1v) is 5.48. The molecule has 1 aromatic rings. The average molecular weight is 209 g/mol. The molecule has 0 saturated carbocycles. The highest BCUT2D eigenvalue weighted by Crippen LogP contribution is 2.17. The molecule has 0 radical (unpaired) electrons. The Morgan fingerprint density at radius 2 is 2.33 bits per heavy atom. The molecule has 4 nitrogen and oxygen atoms in total. The minimum absolute atomic E-state index is 0.218. The van der Waals surface area contributed by atoms with Crippen molar-refractivity contribution < 1.29 is 4.52 Å². The van der Waals surface area contributed by atoms with Gasteiger partial charge in [0.15, 0.2) is 0 Å². The van der Waals surface area contributed by atoms with Crippen molar-refractivity contribution in [2.75, 3.05) is 13.1 Å². The lowest BCUT2D eigenvalue weighted by Crippen LogP contribution is -2.43. The van der Waals surface area contributed by atoms with E-state index in [2.05, 4.69) is 22.7 Å². The lowest BCUT2D eigenvalue weighted by atomic mass is 10.0. The van der Waals surface area contributed by atoms with E-state index in [9.17, 15) is 0 Å². The number of nitrogens with one attached hydrogen (secondary N) is 2. The molecule has 0 amide bonds. The molecule has 0 aromatic carbocycles. The van der Waals surface area contributed by atoms with Gasteiger partial charge in [-0.3, -0.25) is 0 Å². The Morgan fingerprint density at radius 1 is 1.53 bits per heavy atom. The molecule has 4 heteroatoms.